The molecule has 1 N–H and O–H groups in total. The Labute approximate surface area is 149 Å². The number of ether oxygens (including phenoxy) is 2. The summed E-state index contributed by atoms with van der Waals surface area (Å²) in [5.74, 6) is 1.44. The first-order chi connectivity index (χ1) is 11.6. The SMILES string of the molecule is CSc1ccc(Cl)cc1NC(=O)N(C)Cc1ccc2c(c1)OCO2. The van der Waals surface area contributed by atoms with E-state index in [0.29, 0.717) is 23.0 Å². The number of fused-ring (bicyclic) bond motifs is 1. The Morgan fingerprint density at radius 2 is 2.04 bits per heavy atom. The van der Waals surface area contributed by atoms with Crippen LogP contribution in [0.2, 0.25) is 5.02 Å². The predicted molar refractivity (Wildman–Crippen MR) is 96.3 cm³/mol. The second-order valence-electron chi connectivity index (χ2n) is 5.32. The van der Waals surface area contributed by atoms with Crippen LogP contribution in [0.25, 0.3) is 0 Å². The number of rotatable bonds is 4. The lowest BCUT2D eigenvalue weighted by atomic mass is 10.2. The second-order valence-corrected chi connectivity index (χ2v) is 6.60. The predicted octanol–water partition coefficient (Wildman–Crippen LogP) is 4.45. The van der Waals surface area contributed by atoms with Crippen molar-refractivity contribution in [1.29, 1.82) is 0 Å². The van der Waals surface area contributed by atoms with Gasteiger partial charge < -0.3 is 19.7 Å². The third-order valence-corrected chi connectivity index (χ3v) is 4.64. The van der Waals surface area contributed by atoms with E-state index in [2.05, 4.69) is 5.32 Å². The molecule has 2 amide bonds. The zero-order valence-electron chi connectivity index (χ0n) is 13.3. The number of nitrogens with zero attached hydrogens (tertiary/aromatic N) is 1. The fourth-order valence-corrected chi connectivity index (χ4v) is 3.08. The van der Waals surface area contributed by atoms with Crippen LogP contribution in [0.4, 0.5) is 10.5 Å². The molecule has 0 unspecified atom stereocenters. The molecule has 0 aliphatic carbocycles. The number of benzene rings is 2. The maximum Gasteiger partial charge on any atom is 0.321 e. The van der Waals surface area contributed by atoms with Crippen LogP contribution < -0.4 is 14.8 Å². The summed E-state index contributed by atoms with van der Waals surface area (Å²) >= 11 is 7.57. The van der Waals surface area contributed by atoms with E-state index in [1.54, 1.807) is 35.8 Å². The van der Waals surface area contributed by atoms with E-state index in [9.17, 15) is 4.79 Å². The van der Waals surface area contributed by atoms with E-state index < -0.39 is 0 Å². The van der Waals surface area contributed by atoms with Gasteiger partial charge >= 0.3 is 6.03 Å². The van der Waals surface area contributed by atoms with Crippen LogP contribution in [0.15, 0.2) is 41.3 Å². The molecule has 0 radical (unpaired) electrons. The molecule has 3 rings (SSSR count). The molecule has 5 nitrogen and oxygen atoms in total. The van der Waals surface area contributed by atoms with Crippen molar-refractivity contribution in [3.63, 3.8) is 0 Å². The molecule has 1 aliphatic rings. The number of carbonyl (C=O) groups is 1. The number of nitrogens with one attached hydrogen (secondary N) is 1. The smallest absolute Gasteiger partial charge is 0.321 e. The van der Waals surface area contributed by atoms with Crippen molar-refractivity contribution in [3.8, 4) is 11.5 Å². The summed E-state index contributed by atoms with van der Waals surface area (Å²) in [6.45, 7) is 0.693. The highest BCUT2D eigenvalue weighted by Crippen LogP contribution is 2.33. The van der Waals surface area contributed by atoms with Crippen molar-refractivity contribution < 1.29 is 14.3 Å². The summed E-state index contributed by atoms with van der Waals surface area (Å²) in [6, 6.07) is 10.9. The summed E-state index contributed by atoms with van der Waals surface area (Å²) in [6.07, 6.45) is 1.95. The molecule has 7 heteroatoms. The van der Waals surface area contributed by atoms with Crippen molar-refractivity contribution in [2.24, 2.45) is 0 Å². The molecule has 0 saturated heterocycles. The number of thioether (sulfide) groups is 1. The molecule has 0 fully saturated rings. The summed E-state index contributed by atoms with van der Waals surface area (Å²) in [4.78, 5) is 15.0. The Morgan fingerprint density at radius 3 is 2.83 bits per heavy atom. The van der Waals surface area contributed by atoms with Gasteiger partial charge in [-0.05, 0) is 42.2 Å². The molecule has 2 aromatic rings. The molecule has 0 bridgehead atoms. The van der Waals surface area contributed by atoms with Crippen molar-refractivity contribution in [2.75, 3.05) is 25.4 Å². The lowest BCUT2D eigenvalue weighted by molar-refractivity contribution is 0.174. The first kappa shape index (κ1) is 16.8. The molecule has 24 heavy (non-hydrogen) atoms. The third-order valence-electron chi connectivity index (χ3n) is 3.61. The van der Waals surface area contributed by atoms with Gasteiger partial charge in [0.05, 0.1) is 5.69 Å². The van der Waals surface area contributed by atoms with E-state index in [1.165, 1.54) is 0 Å². The minimum atomic E-state index is -0.203. The number of hydrogen-bond donors (Lipinski definition) is 1. The van der Waals surface area contributed by atoms with E-state index in [-0.39, 0.29) is 12.8 Å². The fraction of sp³-hybridized carbons (Fsp3) is 0.235. The molecule has 126 valence electrons. The summed E-state index contributed by atoms with van der Waals surface area (Å²) < 4.78 is 10.7. The summed E-state index contributed by atoms with van der Waals surface area (Å²) in [5, 5.41) is 3.49. The topological polar surface area (TPSA) is 50.8 Å². The molecular formula is C17H17ClN2O3S. The van der Waals surface area contributed by atoms with Crippen molar-refractivity contribution >= 4 is 35.1 Å². The highest BCUT2D eigenvalue weighted by Gasteiger charge is 2.16. The normalized spacial score (nSPS) is 12.1. The van der Waals surface area contributed by atoms with Gasteiger partial charge in [0.15, 0.2) is 11.5 Å². The van der Waals surface area contributed by atoms with Crippen molar-refractivity contribution in [3.05, 3.63) is 47.0 Å². The number of halogens is 1. The molecule has 1 aliphatic heterocycles. The van der Waals surface area contributed by atoms with Crippen LogP contribution in [0.1, 0.15) is 5.56 Å². The third kappa shape index (κ3) is 3.71. The largest absolute Gasteiger partial charge is 0.454 e. The van der Waals surface area contributed by atoms with Gasteiger partial charge in [0.1, 0.15) is 0 Å². The van der Waals surface area contributed by atoms with Crippen LogP contribution in [-0.2, 0) is 6.54 Å². The van der Waals surface area contributed by atoms with Gasteiger partial charge in [-0.2, -0.15) is 0 Å². The first-order valence-corrected chi connectivity index (χ1v) is 8.91. The van der Waals surface area contributed by atoms with Gasteiger partial charge in [-0.15, -0.1) is 11.8 Å². The quantitative estimate of drug-likeness (QED) is 0.814. The van der Waals surface area contributed by atoms with E-state index in [1.807, 2.05) is 30.5 Å². The average molecular weight is 365 g/mol. The first-order valence-electron chi connectivity index (χ1n) is 7.31. The van der Waals surface area contributed by atoms with Crippen molar-refractivity contribution in [2.45, 2.75) is 11.4 Å². The molecule has 0 atom stereocenters. The Balaban J connectivity index is 1.68. The molecule has 0 aromatic heterocycles. The van der Waals surface area contributed by atoms with Crippen LogP contribution in [-0.4, -0.2) is 31.0 Å². The molecule has 2 aromatic carbocycles. The average Bonchev–Trinajstić information content (AvgIpc) is 3.02. The maximum absolute atomic E-state index is 12.4. The van der Waals surface area contributed by atoms with Crippen LogP contribution in [0, 0.1) is 0 Å². The molecule has 0 saturated carbocycles. The van der Waals surface area contributed by atoms with Gasteiger partial charge in [-0.25, -0.2) is 4.79 Å². The number of anilines is 1. The fourth-order valence-electron chi connectivity index (χ4n) is 2.37. The highest BCUT2D eigenvalue weighted by molar-refractivity contribution is 7.98. The summed E-state index contributed by atoms with van der Waals surface area (Å²) in [5.41, 5.74) is 1.67. The number of amides is 2. The number of hydrogen-bond acceptors (Lipinski definition) is 4. The van der Waals surface area contributed by atoms with Gasteiger partial charge in [-0.1, -0.05) is 17.7 Å². The van der Waals surface area contributed by atoms with Gasteiger partial charge in [0.25, 0.3) is 0 Å². The number of urea groups is 1. The zero-order valence-corrected chi connectivity index (χ0v) is 14.9. The summed E-state index contributed by atoms with van der Waals surface area (Å²) in [7, 11) is 1.74. The minimum Gasteiger partial charge on any atom is -0.454 e. The Bertz CT molecular complexity index is 769. The lowest BCUT2D eigenvalue weighted by Gasteiger charge is -2.19. The van der Waals surface area contributed by atoms with Crippen molar-refractivity contribution in [1.82, 2.24) is 4.90 Å². The van der Waals surface area contributed by atoms with Crippen LogP contribution in [0.5, 0.6) is 11.5 Å². The second kappa shape index (κ2) is 7.23. The van der Waals surface area contributed by atoms with E-state index in [0.717, 1.165) is 16.2 Å². The maximum atomic E-state index is 12.4. The minimum absolute atomic E-state index is 0.203. The van der Waals surface area contributed by atoms with Gasteiger partial charge in [-0.3, -0.25) is 0 Å². The van der Waals surface area contributed by atoms with Gasteiger partial charge in [0.2, 0.25) is 6.79 Å². The molecular weight excluding hydrogens is 348 g/mol. The zero-order chi connectivity index (χ0) is 17.1. The monoisotopic (exact) mass is 364 g/mol. The van der Waals surface area contributed by atoms with E-state index >= 15 is 0 Å². The molecule has 1 heterocycles. The standard InChI is InChI=1S/C17H17ClN2O3S/c1-20(9-11-3-5-14-15(7-11)23-10-22-14)17(21)19-13-8-12(18)4-6-16(13)24-2/h3-8H,9-10H2,1-2H3,(H,19,21). The Hall–Kier alpha value is -2.05. The van der Waals surface area contributed by atoms with Crippen LogP contribution in [0.3, 0.4) is 0 Å². The highest BCUT2D eigenvalue weighted by atomic mass is 35.5. The van der Waals surface area contributed by atoms with Crippen LogP contribution >= 0.6 is 23.4 Å². The number of carbonyl (C=O) groups excluding carboxylic acids is 1. The van der Waals surface area contributed by atoms with E-state index in [4.69, 9.17) is 21.1 Å². The molecule has 0 spiro atoms. The Kier molecular flexibility index (Phi) is 5.06. The van der Waals surface area contributed by atoms with Gasteiger partial charge in [0, 0.05) is 23.5 Å². The lowest BCUT2D eigenvalue weighted by Crippen LogP contribution is -2.31. The Morgan fingerprint density at radius 1 is 1.25 bits per heavy atom.